The predicted molar refractivity (Wildman–Crippen MR) is 87.4 cm³/mol. The molecule has 5 atom stereocenters. The lowest BCUT2D eigenvalue weighted by Gasteiger charge is -2.24. The van der Waals surface area contributed by atoms with Crippen molar-refractivity contribution in [3.05, 3.63) is 16.7 Å². The van der Waals surface area contributed by atoms with Crippen LogP contribution in [0.15, 0.2) is 11.1 Å². The number of aromatic nitrogens is 4. The summed E-state index contributed by atoms with van der Waals surface area (Å²) in [4.78, 5) is 47.5. The Morgan fingerprint density at radius 1 is 1.38 bits per heavy atom. The molecular weight excluding hydrogens is 447 g/mol. The van der Waals surface area contributed by atoms with Crippen LogP contribution < -0.4 is 11.3 Å². The summed E-state index contributed by atoms with van der Waals surface area (Å²) < 4.78 is 50.7. The number of alkyl halides is 1. The maximum absolute atomic E-state index is 15.4. The first kappa shape index (κ1) is 21.9. The van der Waals surface area contributed by atoms with Crippen molar-refractivity contribution >= 4 is 32.8 Å². The minimum Gasteiger partial charge on any atom is -0.387 e. The zero-order valence-corrected chi connectivity index (χ0v) is 15.7. The van der Waals surface area contributed by atoms with Crippen LogP contribution >= 0.6 is 15.6 Å². The SMILES string of the molecule is Nc1nc2c(ncn2[C@]2(F)O[C@H](COP(=O)(O)OP(=O)(O)O)[C@@H](O)[C@H]2O)c(=O)[nH]1. The van der Waals surface area contributed by atoms with Gasteiger partial charge in [-0.05, 0) is 0 Å². The molecule has 0 amide bonds. The number of nitrogen functional groups attached to an aromatic ring is 1. The number of ether oxygens (including phenoxy) is 1. The normalized spacial score (nSPS) is 29.9. The molecule has 19 heteroatoms. The van der Waals surface area contributed by atoms with Crippen LogP contribution in [0.25, 0.3) is 11.2 Å². The Balaban J connectivity index is 1.87. The summed E-state index contributed by atoms with van der Waals surface area (Å²) in [6, 6.07) is 0. The van der Waals surface area contributed by atoms with Gasteiger partial charge in [0.25, 0.3) is 5.56 Å². The molecule has 1 saturated heterocycles. The van der Waals surface area contributed by atoms with E-state index in [2.05, 4.69) is 23.8 Å². The van der Waals surface area contributed by atoms with Crippen LogP contribution in [-0.2, 0) is 28.7 Å². The predicted octanol–water partition coefficient (Wildman–Crippen LogP) is -2.37. The summed E-state index contributed by atoms with van der Waals surface area (Å²) in [7, 11) is -10.7. The number of rotatable bonds is 6. The van der Waals surface area contributed by atoms with Crippen LogP contribution in [0.2, 0.25) is 0 Å². The molecule has 3 rings (SSSR count). The van der Waals surface area contributed by atoms with Gasteiger partial charge in [-0.15, -0.1) is 0 Å². The second-order valence-electron chi connectivity index (χ2n) is 5.78. The third-order valence-corrected chi connectivity index (χ3v) is 5.90. The second-order valence-corrected chi connectivity index (χ2v) is 8.60. The molecule has 0 saturated carbocycles. The van der Waals surface area contributed by atoms with Crippen molar-refractivity contribution in [1.82, 2.24) is 19.5 Å². The van der Waals surface area contributed by atoms with E-state index in [9.17, 15) is 29.0 Å². The van der Waals surface area contributed by atoms with Gasteiger partial charge < -0.3 is 35.4 Å². The fourth-order valence-electron chi connectivity index (χ4n) is 2.57. The Bertz CT molecular complexity index is 1090. The number of hydrogen-bond donors (Lipinski definition) is 7. The highest BCUT2D eigenvalue weighted by atomic mass is 31.3. The third-order valence-electron chi connectivity index (χ3n) is 3.75. The Morgan fingerprint density at radius 2 is 2.03 bits per heavy atom. The molecule has 2 aromatic rings. The van der Waals surface area contributed by atoms with Crippen LogP contribution in [0.5, 0.6) is 0 Å². The third kappa shape index (κ3) is 4.24. The Hall–Kier alpha value is -1.78. The molecule has 1 aliphatic heterocycles. The number of fused-ring (bicyclic) bond motifs is 1. The number of aliphatic hydroxyl groups excluding tert-OH is 2. The van der Waals surface area contributed by atoms with E-state index in [1.54, 1.807) is 0 Å². The summed E-state index contributed by atoms with van der Waals surface area (Å²) >= 11 is 0. The van der Waals surface area contributed by atoms with Gasteiger partial charge in [0.1, 0.15) is 18.5 Å². The number of phosphoric acid groups is 2. The topological polar surface area (TPSA) is 253 Å². The average Bonchev–Trinajstić information content (AvgIpc) is 3.07. The maximum atomic E-state index is 15.4. The first-order valence-electron chi connectivity index (χ1n) is 7.44. The van der Waals surface area contributed by atoms with Crippen LogP contribution in [0, 0.1) is 0 Å². The number of hydrogen-bond acceptors (Lipinski definition) is 11. The number of imidazole rings is 1. The van der Waals surface area contributed by atoms with E-state index in [4.69, 9.17) is 20.3 Å². The van der Waals surface area contributed by atoms with Crippen LogP contribution in [-0.4, -0.2) is 69.3 Å². The number of nitrogens with two attached hydrogens (primary N) is 1. The summed E-state index contributed by atoms with van der Waals surface area (Å²) in [6.45, 7) is -1.12. The number of nitrogens with one attached hydrogen (secondary N) is 1. The van der Waals surface area contributed by atoms with E-state index in [0.717, 1.165) is 6.33 Å². The lowest BCUT2D eigenvalue weighted by atomic mass is 10.1. The van der Waals surface area contributed by atoms with Crippen molar-refractivity contribution in [2.45, 2.75) is 24.3 Å². The highest BCUT2D eigenvalue weighted by Gasteiger charge is 2.58. The smallest absolute Gasteiger partial charge is 0.387 e. The van der Waals surface area contributed by atoms with Gasteiger partial charge in [0.05, 0.1) is 6.61 Å². The van der Waals surface area contributed by atoms with Gasteiger partial charge >= 0.3 is 21.6 Å². The lowest BCUT2D eigenvalue weighted by Crippen LogP contribution is -2.42. The van der Waals surface area contributed by atoms with Crippen molar-refractivity contribution < 1.29 is 52.0 Å². The van der Waals surface area contributed by atoms with Crippen molar-refractivity contribution in [3.8, 4) is 0 Å². The number of aliphatic hydroxyl groups is 2. The molecule has 162 valence electrons. The number of halogens is 1. The molecule has 0 radical (unpaired) electrons. The van der Waals surface area contributed by atoms with Crippen molar-refractivity contribution in [2.75, 3.05) is 12.3 Å². The molecule has 0 bridgehead atoms. The van der Waals surface area contributed by atoms with Crippen LogP contribution in [0.3, 0.4) is 0 Å². The monoisotopic (exact) mass is 461 g/mol. The minimum atomic E-state index is -5.41. The van der Waals surface area contributed by atoms with E-state index in [1.807, 2.05) is 0 Å². The summed E-state index contributed by atoms with van der Waals surface area (Å²) in [5, 5.41) is 20.1. The molecule has 0 aromatic carbocycles. The van der Waals surface area contributed by atoms with Gasteiger partial charge in [-0.3, -0.25) is 18.9 Å². The number of nitrogens with zero attached hydrogens (tertiary/aromatic N) is 3. The fraction of sp³-hybridized carbons (Fsp3) is 0.500. The van der Waals surface area contributed by atoms with Crippen molar-refractivity contribution in [1.29, 1.82) is 0 Å². The van der Waals surface area contributed by atoms with Gasteiger partial charge in [0.15, 0.2) is 17.3 Å². The summed E-state index contributed by atoms with van der Waals surface area (Å²) in [5.74, 6) is -3.67. The van der Waals surface area contributed by atoms with Crippen LogP contribution in [0.4, 0.5) is 10.3 Å². The quantitative estimate of drug-likeness (QED) is 0.222. The largest absolute Gasteiger partial charge is 0.481 e. The van der Waals surface area contributed by atoms with Crippen LogP contribution in [0.1, 0.15) is 0 Å². The first-order valence-corrected chi connectivity index (χ1v) is 10.5. The molecule has 29 heavy (non-hydrogen) atoms. The molecule has 1 fully saturated rings. The molecule has 8 N–H and O–H groups in total. The van der Waals surface area contributed by atoms with Gasteiger partial charge in [-0.25, -0.2) is 14.1 Å². The van der Waals surface area contributed by atoms with Gasteiger partial charge in [-0.1, -0.05) is 0 Å². The van der Waals surface area contributed by atoms with E-state index < -0.39 is 63.7 Å². The molecule has 0 aliphatic carbocycles. The van der Waals surface area contributed by atoms with Gasteiger partial charge in [-0.2, -0.15) is 13.7 Å². The highest BCUT2D eigenvalue weighted by molar-refractivity contribution is 7.60. The number of anilines is 1. The van der Waals surface area contributed by atoms with Gasteiger partial charge in [0, 0.05) is 0 Å². The fourth-order valence-corrected chi connectivity index (χ4v) is 4.17. The Kier molecular flexibility index (Phi) is 5.42. The minimum absolute atomic E-state index is 0.365. The van der Waals surface area contributed by atoms with E-state index >= 15 is 4.39 Å². The number of aromatic amines is 1. The molecule has 0 spiro atoms. The Morgan fingerprint density at radius 3 is 2.66 bits per heavy atom. The zero-order chi connectivity index (χ0) is 21.8. The van der Waals surface area contributed by atoms with Crippen molar-refractivity contribution in [2.24, 2.45) is 0 Å². The molecular formula is C10H14FN5O11P2. The number of H-pyrrole nitrogens is 1. The molecule has 2 aromatic heterocycles. The Labute approximate surface area is 158 Å². The summed E-state index contributed by atoms with van der Waals surface area (Å²) in [6.07, 6.45) is -5.45. The highest BCUT2D eigenvalue weighted by Crippen LogP contribution is 2.57. The van der Waals surface area contributed by atoms with Crippen molar-refractivity contribution in [3.63, 3.8) is 0 Å². The molecule has 1 aliphatic rings. The van der Waals surface area contributed by atoms with E-state index in [-0.39, 0.29) is 5.52 Å². The van der Waals surface area contributed by atoms with E-state index in [0.29, 0.717) is 4.57 Å². The molecule has 16 nitrogen and oxygen atoms in total. The average molecular weight is 461 g/mol. The maximum Gasteiger partial charge on any atom is 0.481 e. The number of phosphoric ester groups is 1. The second kappa shape index (κ2) is 7.17. The van der Waals surface area contributed by atoms with E-state index in [1.165, 1.54) is 0 Å². The van der Waals surface area contributed by atoms with Gasteiger partial charge in [0.2, 0.25) is 5.95 Å². The summed E-state index contributed by atoms with van der Waals surface area (Å²) in [5.41, 5.74) is 3.76. The molecule has 1 unspecified atom stereocenters. The first-order chi connectivity index (χ1) is 13.2. The lowest BCUT2D eigenvalue weighted by molar-refractivity contribution is -0.234. The molecule has 3 heterocycles. The standard InChI is InChI=1S/C10H14FN5O11P2/c11-10(16-2-13-4-7(16)14-9(12)15-8(4)19)6(18)5(17)3(26-10)1-25-29(23,24)27-28(20,21)22/h2-3,5-6,17-18H,1H2,(H,23,24)(H2,20,21,22)(H3,12,14,15,19)/t3-,5-,6-,10+/m1/s1. The zero-order valence-electron chi connectivity index (χ0n) is 13.9.